The Balaban J connectivity index is 2.13. The van der Waals surface area contributed by atoms with Gasteiger partial charge in [0.15, 0.2) is 0 Å². The summed E-state index contributed by atoms with van der Waals surface area (Å²) in [6.07, 6.45) is 1.12. The van der Waals surface area contributed by atoms with Crippen LogP contribution in [0.4, 0.5) is 0 Å². The second-order valence-electron chi connectivity index (χ2n) is 4.43. The van der Waals surface area contributed by atoms with Crippen molar-refractivity contribution in [1.82, 2.24) is 5.32 Å². The van der Waals surface area contributed by atoms with Crippen LogP contribution in [-0.2, 0) is 14.3 Å². The van der Waals surface area contributed by atoms with E-state index in [1.807, 2.05) is 6.92 Å². The van der Waals surface area contributed by atoms with E-state index in [-0.39, 0.29) is 23.4 Å². The molecule has 86 valence electrons. The van der Waals surface area contributed by atoms with Crippen molar-refractivity contribution in [1.29, 1.82) is 0 Å². The van der Waals surface area contributed by atoms with Crippen molar-refractivity contribution < 1.29 is 14.3 Å². The van der Waals surface area contributed by atoms with E-state index in [4.69, 9.17) is 9.47 Å². The minimum atomic E-state index is -0.0696. The topological polar surface area (TPSA) is 47.6 Å². The number of esters is 1. The number of nitrogens with one attached hydrogen (secondary N) is 1. The molecule has 3 atom stereocenters. The fraction of sp³-hybridized carbons (Fsp3) is 0.909. The number of carbonyl (C=O) groups excluding carboxylic acids is 1. The zero-order valence-corrected chi connectivity index (χ0v) is 9.41. The SMILES string of the molecule is CCOC(=O)C1CNCC12CCOC2C. The summed E-state index contributed by atoms with van der Waals surface area (Å²) in [6, 6.07) is 0. The summed E-state index contributed by atoms with van der Waals surface area (Å²) in [5.74, 6) is -0.102. The van der Waals surface area contributed by atoms with Crippen LogP contribution in [0, 0.1) is 11.3 Å². The third-order valence-electron chi connectivity index (χ3n) is 3.81. The first-order valence-corrected chi connectivity index (χ1v) is 5.69. The van der Waals surface area contributed by atoms with Gasteiger partial charge < -0.3 is 14.8 Å². The largest absolute Gasteiger partial charge is 0.466 e. The molecule has 2 fully saturated rings. The standard InChI is InChI=1S/C11H19NO3/c1-3-14-10(13)9-6-12-7-11(9)4-5-15-8(11)2/h8-9,12H,3-7H2,1-2H3. The average Bonchev–Trinajstić information content (AvgIpc) is 2.77. The fourth-order valence-corrected chi connectivity index (χ4v) is 2.82. The molecule has 2 rings (SSSR count). The minimum Gasteiger partial charge on any atom is -0.466 e. The van der Waals surface area contributed by atoms with E-state index in [0.717, 1.165) is 26.1 Å². The second kappa shape index (κ2) is 4.10. The van der Waals surface area contributed by atoms with Crippen LogP contribution >= 0.6 is 0 Å². The van der Waals surface area contributed by atoms with E-state index in [0.29, 0.717) is 6.61 Å². The van der Waals surface area contributed by atoms with E-state index >= 15 is 0 Å². The molecular weight excluding hydrogens is 194 g/mol. The van der Waals surface area contributed by atoms with E-state index in [1.54, 1.807) is 0 Å². The van der Waals surface area contributed by atoms with Gasteiger partial charge in [-0.2, -0.15) is 0 Å². The molecule has 0 amide bonds. The molecule has 1 N–H and O–H groups in total. The van der Waals surface area contributed by atoms with Gasteiger partial charge in [-0.25, -0.2) is 0 Å². The van der Waals surface area contributed by atoms with Gasteiger partial charge in [-0.15, -0.1) is 0 Å². The summed E-state index contributed by atoms with van der Waals surface area (Å²) >= 11 is 0. The second-order valence-corrected chi connectivity index (χ2v) is 4.43. The van der Waals surface area contributed by atoms with E-state index in [1.165, 1.54) is 0 Å². The Kier molecular flexibility index (Phi) is 2.98. The van der Waals surface area contributed by atoms with Gasteiger partial charge in [0.2, 0.25) is 0 Å². The molecule has 15 heavy (non-hydrogen) atoms. The maximum absolute atomic E-state index is 11.8. The van der Waals surface area contributed by atoms with Crippen molar-refractivity contribution in [2.45, 2.75) is 26.4 Å². The molecular formula is C11H19NO3. The van der Waals surface area contributed by atoms with Crippen LogP contribution in [-0.4, -0.2) is 38.4 Å². The first-order chi connectivity index (χ1) is 7.20. The summed E-state index contributed by atoms with van der Waals surface area (Å²) in [5, 5.41) is 3.29. The predicted molar refractivity (Wildman–Crippen MR) is 55.5 cm³/mol. The lowest BCUT2D eigenvalue weighted by atomic mass is 9.73. The number of carbonyl (C=O) groups is 1. The lowest BCUT2D eigenvalue weighted by Gasteiger charge is -2.31. The Labute approximate surface area is 90.3 Å². The van der Waals surface area contributed by atoms with E-state index < -0.39 is 0 Å². The van der Waals surface area contributed by atoms with Crippen LogP contribution in [0.5, 0.6) is 0 Å². The first-order valence-electron chi connectivity index (χ1n) is 5.69. The van der Waals surface area contributed by atoms with Gasteiger partial charge in [0.1, 0.15) is 0 Å². The molecule has 2 aliphatic heterocycles. The van der Waals surface area contributed by atoms with Crippen LogP contribution in [0.25, 0.3) is 0 Å². The highest BCUT2D eigenvalue weighted by Crippen LogP contribution is 2.44. The summed E-state index contributed by atoms with van der Waals surface area (Å²) < 4.78 is 10.7. The number of hydrogen-bond donors (Lipinski definition) is 1. The highest BCUT2D eigenvalue weighted by atomic mass is 16.5. The third kappa shape index (κ3) is 1.66. The molecule has 0 bridgehead atoms. The van der Waals surface area contributed by atoms with Gasteiger partial charge >= 0.3 is 5.97 Å². The molecule has 0 saturated carbocycles. The lowest BCUT2D eigenvalue weighted by molar-refractivity contribution is -0.152. The van der Waals surface area contributed by atoms with Gasteiger partial charge in [-0.05, 0) is 20.3 Å². The Hall–Kier alpha value is -0.610. The highest BCUT2D eigenvalue weighted by molar-refractivity contribution is 5.74. The van der Waals surface area contributed by atoms with Crippen LogP contribution in [0.1, 0.15) is 20.3 Å². The number of rotatable bonds is 2. The summed E-state index contributed by atoms with van der Waals surface area (Å²) in [5.41, 5.74) is -0.0216. The third-order valence-corrected chi connectivity index (χ3v) is 3.81. The van der Waals surface area contributed by atoms with Gasteiger partial charge in [0.05, 0.1) is 18.6 Å². The van der Waals surface area contributed by atoms with Gasteiger partial charge in [-0.3, -0.25) is 4.79 Å². The quantitative estimate of drug-likeness (QED) is 0.681. The van der Waals surface area contributed by atoms with Gasteiger partial charge in [-0.1, -0.05) is 0 Å². The van der Waals surface area contributed by atoms with Crippen LogP contribution in [0.3, 0.4) is 0 Å². The molecule has 3 unspecified atom stereocenters. The molecule has 0 aromatic rings. The molecule has 2 saturated heterocycles. The van der Waals surface area contributed by atoms with Crippen molar-refractivity contribution in [2.75, 3.05) is 26.3 Å². The molecule has 0 aromatic heterocycles. The lowest BCUT2D eigenvalue weighted by Crippen LogP contribution is -2.41. The summed E-state index contributed by atoms with van der Waals surface area (Å²) in [6.45, 7) is 6.73. The Morgan fingerprint density at radius 2 is 2.47 bits per heavy atom. The molecule has 4 heteroatoms. The molecule has 1 spiro atoms. The average molecular weight is 213 g/mol. The molecule has 2 heterocycles. The van der Waals surface area contributed by atoms with Crippen LogP contribution in [0.15, 0.2) is 0 Å². The molecule has 0 aromatic carbocycles. The molecule has 0 aliphatic carbocycles. The number of hydrogen-bond acceptors (Lipinski definition) is 4. The molecule has 2 aliphatic rings. The fourth-order valence-electron chi connectivity index (χ4n) is 2.82. The highest BCUT2D eigenvalue weighted by Gasteiger charge is 2.53. The van der Waals surface area contributed by atoms with Crippen molar-refractivity contribution in [3.63, 3.8) is 0 Å². The van der Waals surface area contributed by atoms with E-state index in [9.17, 15) is 4.79 Å². The maximum atomic E-state index is 11.8. The Morgan fingerprint density at radius 1 is 1.67 bits per heavy atom. The normalized spacial score (nSPS) is 39.9. The van der Waals surface area contributed by atoms with Crippen LogP contribution in [0.2, 0.25) is 0 Å². The van der Waals surface area contributed by atoms with Crippen molar-refractivity contribution in [3.8, 4) is 0 Å². The van der Waals surface area contributed by atoms with Gasteiger partial charge in [0.25, 0.3) is 0 Å². The zero-order valence-electron chi connectivity index (χ0n) is 9.41. The van der Waals surface area contributed by atoms with Gasteiger partial charge in [0, 0.05) is 25.1 Å². The van der Waals surface area contributed by atoms with Crippen molar-refractivity contribution >= 4 is 5.97 Å². The summed E-state index contributed by atoms with van der Waals surface area (Å²) in [7, 11) is 0. The summed E-state index contributed by atoms with van der Waals surface area (Å²) in [4.78, 5) is 11.8. The zero-order chi connectivity index (χ0) is 10.9. The number of ether oxygens (including phenoxy) is 2. The first kappa shape index (κ1) is 10.9. The maximum Gasteiger partial charge on any atom is 0.310 e. The van der Waals surface area contributed by atoms with Crippen molar-refractivity contribution in [3.05, 3.63) is 0 Å². The predicted octanol–water partition coefficient (Wildman–Crippen LogP) is 0.564. The smallest absolute Gasteiger partial charge is 0.310 e. The monoisotopic (exact) mass is 213 g/mol. The van der Waals surface area contributed by atoms with Crippen molar-refractivity contribution in [2.24, 2.45) is 11.3 Å². The Bertz CT molecular complexity index is 252. The van der Waals surface area contributed by atoms with E-state index in [2.05, 4.69) is 12.2 Å². The van der Waals surface area contributed by atoms with Crippen LogP contribution < -0.4 is 5.32 Å². The molecule has 0 radical (unpaired) electrons. The Morgan fingerprint density at radius 3 is 3.07 bits per heavy atom. The molecule has 4 nitrogen and oxygen atoms in total. The minimum absolute atomic E-state index is 0.0216.